The highest BCUT2D eigenvalue weighted by molar-refractivity contribution is 6.39. The largest absolute Gasteiger partial charge is 0.490 e. The number of hydrogen-bond acceptors (Lipinski definition) is 5. The van der Waals surface area contributed by atoms with Gasteiger partial charge in [-0.25, -0.2) is 9.18 Å². The lowest BCUT2D eigenvalue weighted by Crippen LogP contribution is -2.28. The molecule has 2 aliphatic rings. The monoisotopic (exact) mass is 548 g/mol. The van der Waals surface area contributed by atoms with Crippen LogP contribution in [0.4, 0.5) is 10.1 Å². The van der Waals surface area contributed by atoms with Crippen LogP contribution >= 0.6 is 23.2 Å². The smallest absolute Gasteiger partial charge is 0.350 e. The van der Waals surface area contributed by atoms with Crippen molar-refractivity contribution in [3.05, 3.63) is 68.1 Å². The van der Waals surface area contributed by atoms with Crippen molar-refractivity contribution in [2.24, 2.45) is 5.92 Å². The van der Waals surface area contributed by atoms with Crippen molar-refractivity contribution in [3.63, 3.8) is 0 Å². The topological polar surface area (TPSA) is 81.3 Å². The van der Waals surface area contributed by atoms with Crippen molar-refractivity contribution in [3.8, 4) is 11.4 Å². The molecule has 10 heteroatoms. The Morgan fingerprint density at radius 2 is 1.86 bits per heavy atom. The lowest BCUT2D eigenvalue weighted by atomic mass is 9.86. The Kier molecular flexibility index (Phi) is 7.79. The van der Waals surface area contributed by atoms with E-state index in [-0.39, 0.29) is 28.8 Å². The summed E-state index contributed by atoms with van der Waals surface area (Å²) in [6, 6.07) is 7.62. The molecule has 1 aromatic heterocycles. The van der Waals surface area contributed by atoms with Gasteiger partial charge in [0.2, 0.25) is 0 Å². The van der Waals surface area contributed by atoms with Gasteiger partial charge in [0.25, 0.3) is 0 Å². The van der Waals surface area contributed by atoms with Gasteiger partial charge < -0.3 is 15.2 Å². The van der Waals surface area contributed by atoms with Crippen LogP contribution in [-0.2, 0) is 13.0 Å². The molecule has 2 aromatic carbocycles. The van der Waals surface area contributed by atoms with E-state index in [1.165, 1.54) is 18.6 Å². The fourth-order valence-electron chi connectivity index (χ4n) is 5.34. The van der Waals surface area contributed by atoms with Gasteiger partial charge in [-0.3, -0.25) is 4.57 Å². The summed E-state index contributed by atoms with van der Waals surface area (Å²) >= 11 is 12.6. The zero-order chi connectivity index (χ0) is 26.1. The zero-order valence-corrected chi connectivity index (χ0v) is 22.2. The van der Waals surface area contributed by atoms with E-state index in [1.54, 1.807) is 22.8 Å². The van der Waals surface area contributed by atoms with Crippen molar-refractivity contribution in [1.29, 1.82) is 0 Å². The molecule has 1 aliphatic carbocycles. The number of aryl methyl sites for hydroxylation is 1. The first-order valence-electron chi connectivity index (χ1n) is 12.9. The van der Waals surface area contributed by atoms with E-state index < -0.39 is 12.0 Å². The highest BCUT2D eigenvalue weighted by atomic mass is 35.5. The molecule has 2 N–H and O–H groups in total. The van der Waals surface area contributed by atoms with Gasteiger partial charge in [0.05, 0.1) is 21.8 Å². The Labute approximate surface area is 225 Å². The molecule has 37 heavy (non-hydrogen) atoms. The Bertz CT molecular complexity index is 1320. The van der Waals surface area contributed by atoms with E-state index >= 15 is 4.39 Å². The molecule has 3 aromatic rings. The number of aromatic nitrogens is 3. The number of nitrogens with one attached hydrogen (secondary N) is 1. The highest BCUT2D eigenvalue weighted by Crippen LogP contribution is 2.37. The minimum Gasteiger partial charge on any atom is -0.490 e. The average molecular weight is 549 g/mol. The molecular formula is C27H31Cl2FN4O3. The lowest BCUT2D eigenvalue weighted by Gasteiger charge is -2.29. The van der Waals surface area contributed by atoms with E-state index in [0.29, 0.717) is 40.4 Å². The molecular weight excluding hydrogens is 518 g/mol. The summed E-state index contributed by atoms with van der Waals surface area (Å²) in [4.78, 5) is 13.0. The predicted molar refractivity (Wildman–Crippen MR) is 142 cm³/mol. The number of halogens is 3. The van der Waals surface area contributed by atoms with Gasteiger partial charge in [-0.15, -0.1) is 5.10 Å². The first-order valence-corrected chi connectivity index (χ1v) is 13.7. The van der Waals surface area contributed by atoms with Gasteiger partial charge >= 0.3 is 5.69 Å². The van der Waals surface area contributed by atoms with Crippen LogP contribution in [0.25, 0.3) is 5.69 Å². The molecule has 7 nitrogen and oxygen atoms in total. The Hall–Kier alpha value is -2.55. The maximum atomic E-state index is 15.6. The summed E-state index contributed by atoms with van der Waals surface area (Å²) < 4.78 is 24.6. The molecule has 1 unspecified atom stereocenters. The third-order valence-electron chi connectivity index (χ3n) is 7.44. The standard InChI is InChI=1S/C27H31Cl2FN4O3/c1-16(17-8-3-2-4-9-17)37-23-15-22(34-27(36)33-13-6-5-12-24(33)32-34)21(30)14-18(23)26(35)31-25-19(28)10-7-11-20(25)29/h7,10-11,14-17,26,31,35H,2-6,8-9,12-13H2,1H3/t16-,26?/m0/s1. The summed E-state index contributed by atoms with van der Waals surface area (Å²) in [7, 11) is 0. The van der Waals surface area contributed by atoms with Gasteiger partial charge in [0.1, 0.15) is 23.1 Å². The van der Waals surface area contributed by atoms with Crippen LogP contribution in [0.3, 0.4) is 0 Å². The second kappa shape index (κ2) is 11.1. The quantitative estimate of drug-likeness (QED) is 0.340. The summed E-state index contributed by atoms with van der Waals surface area (Å²) in [6.07, 6.45) is 6.55. The SMILES string of the molecule is C[C@H](Oc1cc(-n2nc3n(c2=O)CCCC3)c(F)cc1C(O)Nc1c(Cl)cccc1Cl)C1CCCCC1. The van der Waals surface area contributed by atoms with E-state index in [9.17, 15) is 9.90 Å². The van der Waals surface area contributed by atoms with Crippen molar-refractivity contribution in [2.75, 3.05) is 5.32 Å². The summed E-state index contributed by atoms with van der Waals surface area (Å²) in [5.74, 6) is 0.570. The Morgan fingerprint density at radius 3 is 2.57 bits per heavy atom. The van der Waals surface area contributed by atoms with Crippen LogP contribution in [0.2, 0.25) is 10.0 Å². The van der Waals surface area contributed by atoms with Gasteiger partial charge in [0.15, 0.2) is 6.23 Å². The number of hydrogen-bond donors (Lipinski definition) is 2. The average Bonchev–Trinajstić information content (AvgIpc) is 3.23. The van der Waals surface area contributed by atoms with Gasteiger partial charge in [0, 0.05) is 24.6 Å². The Balaban J connectivity index is 1.54. The van der Waals surface area contributed by atoms with Crippen LogP contribution in [0.15, 0.2) is 35.1 Å². The molecule has 0 amide bonds. The number of rotatable bonds is 7. The summed E-state index contributed by atoms with van der Waals surface area (Å²) in [5, 5.41) is 19.1. The number of fused-ring (bicyclic) bond motifs is 1. The number of anilines is 1. The molecule has 0 saturated heterocycles. The zero-order valence-electron chi connectivity index (χ0n) is 20.7. The van der Waals surface area contributed by atoms with E-state index in [1.807, 2.05) is 6.92 Å². The molecule has 1 fully saturated rings. The molecule has 1 aliphatic heterocycles. The molecule has 2 heterocycles. The van der Waals surface area contributed by atoms with Crippen LogP contribution in [0.5, 0.6) is 5.75 Å². The normalized spacial score (nSPS) is 17.8. The number of aliphatic hydroxyl groups is 1. The molecule has 5 rings (SSSR count). The summed E-state index contributed by atoms with van der Waals surface area (Å²) in [6.45, 7) is 2.56. The first-order chi connectivity index (χ1) is 17.8. The predicted octanol–water partition coefficient (Wildman–Crippen LogP) is 6.27. The van der Waals surface area contributed by atoms with Gasteiger partial charge in [-0.05, 0) is 56.7 Å². The third-order valence-corrected chi connectivity index (χ3v) is 8.07. The van der Waals surface area contributed by atoms with Crippen molar-refractivity contribution in [2.45, 2.75) is 77.2 Å². The van der Waals surface area contributed by atoms with E-state index in [2.05, 4.69) is 10.4 Å². The Morgan fingerprint density at radius 1 is 1.14 bits per heavy atom. The number of benzene rings is 2. The fraction of sp³-hybridized carbons (Fsp3) is 0.481. The molecule has 2 atom stereocenters. The first kappa shape index (κ1) is 26.1. The highest BCUT2D eigenvalue weighted by Gasteiger charge is 2.27. The number of ether oxygens (including phenoxy) is 1. The van der Waals surface area contributed by atoms with Gasteiger partial charge in [-0.1, -0.05) is 48.5 Å². The maximum Gasteiger partial charge on any atom is 0.350 e. The van der Waals surface area contributed by atoms with Crippen molar-refractivity contribution < 1.29 is 14.2 Å². The number of para-hydroxylation sites is 1. The van der Waals surface area contributed by atoms with Crippen molar-refractivity contribution >= 4 is 28.9 Å². The van der Waals surface area contributed by atoms with E-state index in [4.69, 9.17) is 27.9 Å². The molecule has 0 radical (unpaired) electrons. The fourth-order valence-corrected chi connectivity index (χ4v) is 5.85. The van der Waals surface area contributed by atoms with Crippen molar-refractivity contribution in [1.82, 2.24) is 14.3 Å². The third kappa shape index (κ3) is 5.38. The van der Waals surface area contributed by atoms with Gasteiger partial charge in [-0.2, -0.15) is 4.68 Å². The maximum absolute atomic E-state index is 15.6. The van der Waals surface area contributed by atoms with E-state index in [0.717, 1.165) is 43.2 Å². The molecule has 0 bridgehead atoms. The summed E-state index contributed by atoms with van der Waals surface area (Å²) in [5.41, 5.74) is 0.114. The second-order valence-corrected chi connectivity index (χ2v) is 10.7. The molecule has 0 spiro atoms. The second-order valence-electron chi connectivity index (χ2n) is 9.93. The van der Waals surface area contributed by atoms with Crippen LogP contribution < -0.4 is 15.7 Å². The van der Waals surface area contributed by atoms with Crippen LogP contribution in [-0.4, -0.2) is 25.6 Å². The lowest BCUT2D eigenvalue weighted by molar-refractivity contribution is 0.116. The number of nitrogens with zero attached hydrogens (tertiary/aromatic N) is 3. The van der Waals surface area contributed by atoms with Crippen LogP contribution in [0.1, 0.15) is 69.5 Å². The molecule has 1 saturated carbocycles. The molecule has 198 valence electrons. The minimum absolute atomic E-state index is 0.00975. The van der Waals surface area contributed by atoms with Crippen LogP contribution in [0, 0.1) is 11.7 Å². The number of aliphatic hydroxyl groups excluding tert-OH is 1. The minimum atomic E-state index is -1.37.